The van der Waals surface area contributed by atoms with Crippen LogP contribution in [-0.4, -0.2) is 30.1 Å². The molecule has 1 heterocycles. The molecule has 3 heteroatoms. The second kappa shape index (κ2) is 3.07. The fourth-order valence-electron chi connectivity index (χ4n) is 1.26. The minimum Gasteiger partial charge on any atom is -0.326 e. The maximum atomic E-state index is 5.86. The van der Waals surface area contributed by atoms with Crippen molar-refractivity contribution in [2.45, 2.75) is 31.8 Å². The second-order valence-electron chi connectivity index (χ2n) is 3.47. The van der Waals surface area contributed by atoms with Gasteiger partial charge in [0.05, 0.1) is 0 Å². The predicted octanol–water partition coefficient (Wildman–Crippen LogP) is 0.850. The van der Waals surface area contributed by atoms with Crippen LogP contribution in [0.15, 0.2) is 0 Å². The molecule has 0 saturated carbocycles. The largest absolute Gasteiger partial charge is 0.326 e. The van der Waals surface area contributed by atoms with E-state index in [1.807, 2.05) is 0 Å². The van der Waals surface area contributed by atoms with Crippen LogP contribution in [0.5, 0.6) is 0 Å². The fraction of sp³-hybridized carbons (Fsp3) is 1.00. The first-order valence-electron chi connectivity index (χ1n) is 3.52. The summed E-state index contributed by atoms with van der Waals surface area (Å²) < 4.78 is 0. The molecule has 0 amide bonds. The topological polar surface area (TPSA) is 29.3 Å². The van der Waals surface area contributed by atoms with Gasteiger partial charge in [-0.25, -0.2) is 0 Å². The van der Waals surface area contributed by atoms with E-state index in [0.29, 0.717) is 6.04 Å². The highest BCUT2D eigenvalue weighted by Crippen LogP contribution is 2.24. The molecule has 0 spiro atoms. The second-order valence-corrected chi connectivity index (χ2v) is 3.47. The van der Waals surface area contributed by atoms with E-state index in [1.165, 1.54) is 0 Å². The van der Waals surface area contributed by atoms with E-state index in [1.54, 1.807) is 0 Å². The Morgan fingerprint density at radius 2 is 2.00 bits per heavy atom. The summed E-state index contributed by atoms with van der Waals surface area (Å²) in [5, 5.41) is 0. The number of halogens is 1. The summed E-state index contributed by atoms with van der Waals surface area (Å²) in [6, 6.07) is 0.363. The highest BCUT2D eigenvalue weighted by Gasteiger charge is 2.35. The number of nitrogens with zero attached hydrogens (tertiary/aromatic N) is 1. The van der Waals surface area contributed by atoms with Crippen molar-refractivity contribution in [3.05, 3.63) is 0 Å². The molecule has 1 unspecified atom stereocenters. The van der Waals surface area contributed by atoms with Gasteiger partial charge in [-0.05, 0) is 33.9 Å². The van der Waals surface area contributed by atoms with Gasteiger partial charge >= 0.3 is 0 Å². The zero-order valence-electron chi connectivity index (χ0n) is 6.92. The molecule has 1 atom stereocenters. The van der Waals surface area contributed by atoms with Crippen LogP contribution in [0.2, 0.25) is 0 Å². The minimum atomic E-state index is 0. The first-order chi connectivity index (χ1) is 4.05. The molecule has 0 aromatic carbocycles. The standard InChI is InChI=1S/C7H16N2.ClH/c1-7(2)6(8)4-5-9(7)3;/h6H,4-5,8H2,1-3H3;1H. The van der Waals surface area contributed by atoms with Gasteiger partial charge in [0.1, 0.15) is 0 Å². The van der Waals surface area contributed by atoms with Crippen LogP contribution in [0.1, 0.15) is 20.3 Å². The molecule has 2 N–H and O–H groups in total. The zero-order valence-corrected chi connectivity index (χ0v) is 7.74. The van der Waals surface area contributed by atoms with Crippen LogP contribution >= 0.6 is 12.4 Å². The van der Waals surface area contributed by atoms with Crippen LogP contribution in [0.4, 0.5) is 0 Å². The molecule has 1 aliphatic rings. The number of hydrogen-bond acceptors (Lipinski definition) is 2. The lowest BCUT2D eigenvalue weighted by Crippen LogP contribution is -2.46. The van der Waals surface area contributed by atoms with Gasteiger partial charge in [0, 0.05) is 11.6 Å². The smallest absolute Gasteiger partial charge is 0.0301 e. The SMILES string of the molecule is CN1CCC(N)C1(C)C.Cl. The third-order valence-electron chi connectivity index (χ3n) is 2.67. The predicted molar refractivity (Wildman–Crippen MR) is 46.5 cm³/mol. The molecular formula is C7H17ClN2. The summed E-state index contributed by atoms with van der Waals surface area (Å²) in [6.07, 6.45) is 1.14. The highest BCUT2D eigenvalue weighted by molar-refractivity contribution is 5.85. The average Bonchev–Trinajstić information content (AvgIpc) is 1.96. The molecular weight excluding hydrogens is 148 g/mol. The van der Waals surface area contributed by atoms with Gasteiger partial charge in [0.25, 0.3) is 0 Å². The van der Waals surface area contributed by atoms with Gasteiger partial charge in [-0.15, -0.1) is 12.4 Å². The minimum absolute atomic E-state index is 0. The monoisotopic (exact) mass is 164 g/mol. The van der Waals surface area contributed by atoms with Gasteiger partial charge < -0.3 is 5.73 Å². The number of nitrogens with two attached hydrogens (primary N) is 1. The van der Waals surface area contributed by atoms with Gasteiger partial charge in [0.15, 0.2) is 0 Å². The van der Waals surface area contributed by atoms with Crippen molar-refractivity contribution in [1.82, 2.24) is 4.90 Å². The van der Waals surface area contributed by atoms with Crippen molar-refractivity contribution >= 4 is 12.4 Å². The Morgan fingerprint density at radius 1 is 1.50 bits per heavy atom. The van der Waals surface area contributed by atoms with Gasteiger partial charge in [-0.1, -0.05) is 0 Å². The summed E-state index contributed by atoms with van der Waals surface area (Å²) >= 11 is 0. The molecule has 2 nitrogen and oxygen atoms in total. The molecule has 0 aliphatic carbocycles. The van der Waals surface area contributed by atoms with Gasteiger partial charge in [0.2, 0.25) is 0 Å². The van der Waals surface area contributed by atoms with Crippen molar-refractivity contribution in [3.63, 3.8) is 0 Å². The molecule has 0 aromatic heterocycles. The lowest BCUT2D eigenvalue weighted by Gasteiger charge is -2.31. The summed E-state index contributed by atoms with van der Waals surface area (Å²) in [7, 11) is 2.13. The van der Waals surface area contributed by atoms with Gasteiger partial charge in [-0.3, -0.25) is 4.90 Å². The Kier molecular flexibility index (Phi) is 3.14. The normalized spacial score (nSPS) is 31.8. The third-order valence-corrected chi connectivity index (χ3v) is 2.67. The first kappa shape index (κ1) is 10.2. The lowest BCUT2D eigenvalue weighted by atomic mass is 9.97. The van der Waals surface area contributed by atoms with E-state index in [9.17, 15) is 0 Å². The Morgan fingerprint density at radius 3 is 2.10 bits per heavy atom. The van der Waals surface area contributed by atoms with Crippen LogP contribution in [0.3, 0.4) is 0 Å². The Labute approximate surface area is 69.2 Å². The van der Waals surface area contributed by atoms with Crippen LogP contribution in [0, 0.1) is 0 Å². The zero-order chi connectivity index (χ0) is 7.07. The van der Waals surface area contributed by atoms with Crippen molar-refractivity contribution < 1.29 is 0 Å². The molecule has 1 saturated heterocycles. The van der Waals surface area contributed by atoms with Crippen LogP contribution < -0.4 is 5.73 Å². The van der Waals surface area contributed by atoms with Crippen molar-refractivity contribution in [1.29, 1.82) is 0 Å². The third kappa shape index (κ3) is 1.44. The van der Waals surface area contributed by atoms with Crippen molar-refractivity contribution in [2.75, 3.05) is 13.6 Å². The first-order valence-corrected chi connectivity index (χ1v) is 3.52. The lowest BCUT2D eigenvalue weighted by molar-refractivity contribution is 0.202. The van der Waals surface area contributed by atoms with E-state index in [4.69, 9.17) is 5.73 Å². The van der Waals surface area contributed by atoms with E-state index in [0.717, 1.165) is 13.0 Å². The molecule has 1 aliphatic heterocycles. The summed E-state index contributed by atoms with van der Waals surface area (Å²) in [5.74, 6) is 0. The van der Waals surface area contributed by atoms with E-state index in [-0.39, 0.29) is 17.9 Å². The molecule has 1 rings (SSSR count). The van der Waals surface area contributed by atoms with E-state index < -0.39 is 0 Å². The molecule has 0 bridgehead atoms. The maximum Gasteiger partial charge on any atom is 0.0301 e. The summed E-state index contributed by atoms with van der Waals surface area (Å²) in [6.45, 7) is 5.55. The van der Waals surface area contributed by atoms with E-state index in [2.05, 4.69) is 25.8 Å². The quantitative estimate of drug-likeness (QED) is 0.575. The number of likely N-dealkylation sites (N-methyl/N-ethyl adjacent to an activating group) is 1. The summed E-state index contributed by atoms with van der Waals surface area (Å²) in [4.78, 5) is 2.32. The highest BCUT2D eigenvalue weighted by atomic mass is 35.5. The van der Waals surface area contributed by atoms with Gasteiger partial charge in [-0.2, -0.15) is 0 Å². The molecule has 1 fully saturated rings. The number of likely N-dealkylation sites (tertiary alicyclic amines) is 1. The Balaban J connectivity index is 0.000000810. The Bertz CT molecular complexity index is 102. The van der Waals surface area contributed by atoms with E-state index >= 15 is 0 Å². The fourth-order valence-corrected chi connectivity index (χ4v) is 1.26. The summed E-state index contributed by atoms with van der Waals surface area (Å²) in [5.41, 5.74) is 6.08. The molecule has 62 valence electrons. The number of hydrogen-bond donors (Lipinski definition) is 1. The Hall–Kier alpha value is 0.210. The molecule has 10 heavy (non-hydrogen) atoms. The molecule has 0 aromatic rings. The van der Waals surface area contributed by atoms with Crippen molar-refractivity contribution in [3.8, 4) is 0 Å². The molecule has 0 radical (unpaired) electrons. The van der Waals surface area contributed by atoms with Crippen LogP contribution in [0.25, 0.3) is 0 Å². The van der Waals surface area contributed by atoms with Crippen LogP contribution in [-0.2, 0) is 0 Å². The number of rotatable bonds is 0. The maximum absolute atomic E-state index is 5.86. The van der Waals surface area contributed by atoms with Crippen molar-refractivity contribution in [2.24, 2.45) is 5.73 Å². The average molecular weight is 165 g/mol.